The summed E-state index contributed by atoms with van der Waals surface area (Å²) in [5.41, 5.74) is 0. The van der Waals surface area contributed by atoms with Crippen molar-refractivity contribution in [2.75, 3.05) is 39.6 Å². The number of hydrogen-bond donors (Lipinski definition) is 3. The molecule has 19 heteroatoms. The van der Waals surface area contributed by atoms with Gasteiger partial charge in [-0.25, -0.2) is 9.13 Å². The topological polar surface area (TPSA) is 237 Å². The molecule has 0 radical (unpaired) electrons. The molecule has 6 atom stereocenters. The first-order chi connectivity index (χ1) is 47.3. The van der Waals surface area contributed by atoms with Gasteiger partial charge in [0.05, 0.1) is 26.4 Å². The summed E-state index contributed by atoms with van der Waals surface area (Å²) in [6.45, 7) is 11.9. The fourth-order valence-electron chi connectivity index (χ4n) is 12.1. The van der Waals surface area contributed by atoms with E-state index >= 15 is 0 Å². The third kappa shape index (κ3) is 71.1. The number of carbonyl (C=O) groups is 4. The van der Waals surface area contributed by atoms with Crippen molar-refractivity contribution in [3.8, 4) is 0 Å². The van der Waals surface area contributed by atoms with Crippen LogP contribution in [0, 0.1) is 17.8 Å². The van der Waals surface area contributed by atoms with E-state index in [1.54, 1.807) is 0 Å². The summed E-state index contributed by atoms with van der Waals surface area (Å²) in [4.78, 5) is 72.9. The third-order valence-corrected chi connectivity index (χ3v) is 20.6. The zero-order valence-electron chi connectivity index (χ0n) is 64.3. The Morgan fingerprint density at radius 1 is 0.296 bits per heavy atom. The van der Waals surface area contributed by atoms with Crippen molar-refractivity contribution in [3.63, 3.8) is 0 Å². The number of unbranched alkanes of at least 4 members (excludes halogenated alkanes) is 44. The zero-order chi connectivity index (χ0) is 72.3. The lowest BCUT2D eigenvalue weighted by atomic mass is 9.99. The van der Waals surface area contributed by atoms with Crippen molar-refractivity contribution in [1.82, 2.24) is 0 Å². The Bertz CT molecular complexity index is 1910. The van der Waals surface area contributed by atoms with Crippen LogP contribution in [0.2, 0.25) is 0 Å². The van der Waals surface area contributed by atoms with Crippen LogP contribution >= 0.6 is 15.6 Å². The Morgan fingerprint density at radius 3 is 0.776 bits per heavy atom. The largest absolute Gasteiger partial charge is 0.472 e. The Labute approximate surface area is 600 Å². The van der Waals surface area contributed by atoms with Crippen molar-refractivity contribution < 1.29 is 80.2 Å². The summed E-state index contributed by atoms with van der Waals surface area (Å²) in [6, 6.07) is 0. The molecule has 0 saturated carbocycles. The maximum atomic E-state index is 13.1. The minimum absolute atomic E-state index is 0.105. The molecule has 3 N–H and O–H groups in total. The number of phosphoric ester groups is 2. The van der Waals surface area contributed by atoms with Crippen LogP contribution in [-0.2, 0) is 65.4 Å². The van der Waals surface area contributed by atoms with E-state index in [0.717, 1.165) is 108 Å². The molecule has 0 amide bonds. The third-order valence-electron chi connectivity index (χ3n) is 18.7. The van der Waals surface area contributed by atoms with Gasteiger partial charge in [0.25, 0.3) is 0 Å². The second-order valence-electron chi connectivity index (χ2n) is 29.6. The first-order valence-corrected chi connectivity index (χ1v) is 43.9. The highest BCUT2D eigenvalue weighted by Gasteiger charge is 2.30. The average Bonchev–Trinajstić information content (AvgIpc) is 1.06. The van der Waals surface area contributed by atoms with Gasteiger partial charge in [0.1, 0.15) is 19.3 Å². The van der Waals surface area contributed by atoms with Crippen molar-refractivity contribution in [3.05, 3.63) is 0 Å². The predicted molar refractivity (Wildman–Crippen MR) is 400 cm³/mol. The number of aliphatic hydroxyl groups is 1. The van der Waals surface area contributed by atoms with E-state index in [1.165, 1.54) is 218 Å². The van der Waals surface area contributed by atoms with Gasteiger partial charge in [0.15, 0.2) is 12.2 Å². The summed E-state index contributed by atoms with van der Waals surface area (Å²) in [7, 11) is -9.92. The standard InChI is InChI=1S/C79H154O17P2/c1-8-10-11-12-13-14-15-16-17-18-19-20-21-22-23-24-25-32-41-48-55-62-78(83)95-74(66-89-76(81)60-53-46-39-31-27-26-29-36-43-50-57-70(3)4)68-93-97(85,86)91-64-73(80)65-92-98(87,88)94-69-75(96-79(84)63-56-49-42-33-28-30-37-44-51-58-71(5)6)67-90-77(82)61-54-47-40-35-34-38-45-52-59-72(7)9-2/h70-75,80H,8-69H2,1-7H3,(H,85,86)(H,87,88)/t72?,73-,74-,75-/m1/s1. The molecular formula is C79H154O17P2. The fraction of sp³-hybridized carbons (Fsp3) is 0.949. The van der Waals surface area contributed by atoms with Crippen molar-refractivity contribution in [2.45, 2.75) is 426 Å². The summed E-state index contributed by atoms with van der Waals surface area (Å²) in [5.74, 6) is 0.156. The number of carbonyl (C=O) groups excluding carboxylic acids is 4. The van der Waals surface area contributed by atoms with Crippen LogP contribution in [0.25, 0.3) is 0 Å². The summed E-state index contributed by atoms with van der Waals surface area (Å²) in [6.07, 6.45) is 57.0. The van der Waals surface area contributed by atoms with E-state index in [0.29, 0.717) is 25.7 Å². The second kappa shape index (κ2) is 69.4. The van der Waals surface area contributed by atoms with Gasteiger partial charge in [-0.2, -0.15) is 0 Å². The molecule has 0 aromatic heterocycles. The minimum atomic E-state index is -4.96. The summed E-state index contributed by atoms with van der Waals surface area (Å²) >= 11 is 0. The van der Waals surface area contributed by atoms with Crippen LogP contribution in [0.1, 0.15) is 408 Å². The number of rotatable bonds is 77. The molecule has 17 nitrogen and oxygen atoms in total. The highest BCUT2D eigenvalue weighted by Crippen LogP contribution is 2.45. The Morgan fingerprint density at radius 2 is 0.520 bits per heavy atom. The zero-order valence-corrected chi connectivity index (χ0v) is 66.0. The molecule has 0 aliphatic carbocycles. The molecule has 582 valence electrons. The van der Waals surface area contributed by atoms with Crippen molar-refractivity contribution in [2.24, 2.45) is 17.8 Å². The quantitative estimate of drug-likeness (QED) is 0.0222. The first kappa shape index (κ1) is 96.1. The normalized spacial score (nSPS) is 14.3. The van der Waals surface area contributed by atoms with Gasteiger partial charge in [-0.1, -0.05) is 357 Å². The molecule has 0 fully saturated rings. The van der Waals surface area contributed by atoms with Gasteiger partial charge in [-0.05, 0) is 43.4 Å². The number of ether oxygens (including phenoxy) is 4. The molecule has 0 aromatic carbocycles. The van der Waals surface area contributed by atoms with E-state index in [4.69, 9.17) is 37.0 Å². The van der Waals surface area contributed by atoms with Crippen LogP contribution in [0.3, 0.4) is 0 Å². The molecule has 3 unspecified atom stereocenters. The Balaban J connectivity index is 5.22. The molecule has 0 aliphatic heterocycles. The fourth-order valence-corrected chi connectivity index (χ4v) is 13.7. The number of esters is 4. The molecule has 0 saturated heterocycles. The number of aliphatic hydroxyl groups excluding tert-OH is 1. The maximum Gasteiger partial charge on any atom is 0.472 e. The lowest BCUT2D eigenvalue weighted by Crippen LogP contribution is -2.30. The first-order valence-electron chi connectivity index (χ1n) is 40.9. The molecule has 0 aliphatic rings. The van der Waals surface area contributed by atoms with E-state index in [1.807, 2.05) is 0 Å². The van der Waals surface area contributed by atoms with Crippen LogP contribution < -0.4 is 0 Å². The SMILES string of the molecule is CCCCCCCCCCCCCCCCCCCCCCCC(=O)O[C@H](COC(=O)CCCCCCCCCCCCC(C)C)COP(=O)(O)OC[C@@H](O)COP(=O)(O)OC[C@@H](COC(=O)CCCCCCCCCCC(C)CC)OC(=O)CCCCCCCCCCCC(C)C. The highest BCUT2D eigenvalue weighted by atomic mass is 31.2. The predicted octanol–water partition coefficient (Wildman–Crippen LogP) is 23.4. The van der Waals surface area contributed by atoms with Crippen LogP contribution in [0.4, 0.5) is 0 Å². The maximum absolute atomic E-state index is 13.1. The summed E-state index contributed by atoms with van der Waals surface area (Å²) < 4.78 is 68.6. The van der Waals surface area contributed by atoms with E-state index < -0.39 is 97.5 Å². The van der Waals surface area contributed by atoms with Gasteiger partial charge >= 0.3 is 39.5 Å². The molecule has 0 rings (SSSR count). The van der Waals surface area contributed by atoms with Crippen LogP contribution in [0.5, 0.6) is 0 Å². The van der Waals surface area contributed by atoms with Gasteiger partial charge in [-0.3, -0.25) is 37.3 Å². The van der Waals surface area contributed by atoms with Gasteiger partial charge in [-0.15, -0.1) is 0 Å². The Kier molecular flexibility index (Phi) is 68.1. The molecule has 0 bridgehead atoms. The lowest BCUT2D eigenvalue weighted by molar-refractivity contribution is -0.161. The lowest BCUT2D eigenvalue weighted by Gasteiger charge is -2.21. The average molecular weight is 1440 g/mol. The van der Waals surface area contributed by atoms with Gasteiger partial charge in [0, 0.05) is 25.7 Å². The van der Waals surface area contributed by atoms with E-state index in [-0.39, 0.29) is 25.7 Å². The monoisotopic (exact) mass is 1440 g/mol. The van der Waals surface area contributed by atoms with Crippen molar-refractivity contribution >= 4 is 39.5 Å². The Hall–Kier alpha value is -1.94. The summed E-state index contributed by atoms with van der Waals surface area (Å²) in [5, 5.41) is 10.6. The van der Waals surface area contributed by atoms with E-state index in [9.17, 15) is 43.2 Å². The minimum Gasteiger partial charge on any atom is -0.462 e. The molecule has 0 aromatic rings. The number of phosphoric acid groups is 2. The molecule has 0 heterocycles. The van der Waals surface area contributed by atoms with E-state index in [2.05, 4.69) is 48.5 Å². The highest BCUT2D eigenvalue weighted by molar-refractivity contribution is 7.47. The molecule has 98 heavy (non-hydrogen) atoms. The molecular weight excluding hydrogens is 1280 g/mol. The van der Waals surface area contributed by atoms with Gasteiger partial charge in [0.2, 0.25) is 0 Å². The molecule has 0 spiro atoms. The number of hydrogen-bond acceptors (Lipinski definition) is 15. The van der Waals surface area contributed by atoms with Crippen LogP contribution in [-0.4, -0.2) is 96.7 Å². The van der Waals surface area contributed by atoms with Crippen LogP contribution in [0.15, 0.2) is 0 Å². The van der Waals surface area contributed by atoms with Crippen molar-refractivity contribution in [1.29, 1.82) is 0 Å². The van der Waals surface area contributed by atoms with Gasteiger partial charge < -0.3 is 33.8 Å². The smallest absolute Gasteiger partial charge is 0.462 e. The second-order valence-corrected chi connectivity index (χ2v) is 32.6.